The van der Waals surface area contributed by atoms with Gasteiger partial charge in [-0.15, -0.1) is 0 Å². The lowest BCUT2D eigenvalue weighted by atomic mass is 10.2. The zero-order valence-corrected chi connectivity index (χ0v) is 13.8. The van der Waals surface area contributed by atoms with Gasteiger partial charge in [0.05, 0.1) is 29.2 Å². The number of carbonyl (C=O) groups is 2. The number of fused-ring (bicyclic) bond motifs is 1. The van der Waals surface area contributed by atoms with Gasteiger partial charge in [0.2, 0.25) is 5.91 Å². The van der Waals surface area contributed by atoms with Gasteiger partial charge in [0.1, 0.15) is 0 Å². The quantitative estimate of drug-likeness (QED) is 0.774. The minimum atomic E-state index is -3.74. The number of ether oxygens (including phenoxy) is 1. The summed E-state index contributed by atoms with van der Waals surface area (Å²) in [7, 11) is -2.54. The zero-order chi connectivity index (χ0) is 16.5. The maximum atomic E-state index is 12.4. The van der Waals surface area contributed by atoms with Crippen molar-refractivity contribution in [2.75, 3.05) is 24.3 Å². The molecule has 1 aromatic rings. The number of benzene rings is 1. The molecule has 0 aliphatic carbocycles. The number of esters is 1. The fraction of sp³-hybridized carbons (Fsp3) is 0.429. The van der Waals surface area contributed by atoms with Gasteiger partial charge in [-0.2, -0.15) is 0 Å². The van der Waals surface area contributed by atoms with E-state index in [1.807, 2.05) is 0 Å². The molecule has 1 heterocycles. The summed E-state index contributed by atoms with van der Waals surface area (Å²) in [6.45, 7) is 1.93. The normalized spacial score (nSPS) is 13.9. The van der Waals surface area contributed by atoms with Crippen molar-refractivity contribution in [3.05, 3.63) is 22.7 Å². The summed E-state index contributed by atoms with van der Waals surface area (Å²) in [5.41, 5.74) is 1.40. The Morgan fingerprint density at radius 2 is 2.05 bits per heavy atom. The van der Waals surface area contributed by atoms with E-state index in [9.17, 15) is 18.0 Å². The van der Waals surface area contributed by atoms with E-state index in [-0.39, 0.29) is 22.2 Å². The molecule has 1 aromatic carbocycles. The van der Waals surface area contributed by atoms with Gasteiger partial charge in [-0.3, -0.25) is 9.59 Å². The third-order valence-corrected chi connectivity index (χ3v) is 5.72. The highest BCUT2D eigenvalue weighted by Crippen LogP contribution is 2.35. The third-order valence-electron chi connectivity index (χ3n) is 3.55. The molecule has 0 N–H and O–H groups in total. The minimum absolute atomic E-state index is 0.0648. The number of halogens is 1. The van der Waals surface area contributed by atoms with Crippen LogP contribution in [0.3, 0.4) is 0 Å². The molecule has 1 amide bonds. The van der Waals surface area contributed by atoms with E-state index in [0.717, 1.165) is 5.56 Å². The van der Waals surface area contributed by atoms with Crippen LogP contribution >= 0.6 is 11.6 Å². The van der Waals surface area contributed by atoms with Crippen LogP contribution in [0.1, 0.15) is 18.9 Å². The first-order chi connectivity index (χ1) is 10.3. The van der Waals surface area contributed by atoms with Crippen molar-refractivity contribution in [1.82, 2.24) is 0 Å². The second kappa shape index (κ2) is 6.26. The Labute approximate surface area is 133 Å². The molecule has 0 fully saturated rings. The molecule has 0 saturated heterocycles. The fourth-order valence-corrected chi connectivity index (χ4v) is 4.22. The van der Waals surface area contributed by atoms with E-state index in [4.69, 9.17) is 11.6 Å². The Kier molecular flexibility index (Phi) is 4.77. The van der Waals surface area contributed by atoms with Crippen molar-refractivity contribution in [3.8, 4) is 0 Å². The number of sulfone groups is 1. The van der Waals surface area contributed by atoms with Gasteiger partial charge < -0.3 is 9.64 Å². The van der Waals surface area contributed by atoms with Crippen LogP contribution in [-0.2, 0) is 30.6 Å². The first-order valence-electron chi connectivity index (χ1n) is 6.66. The molecule has 0 unspecified atom stereocenters. The molecule has 0 aromatic heterocycles. The summed E-state index contributed by atoms with van der Waals surface area (Å²) in [5, 5.41) is 0.106. The Balaban J connectivity index is 2.38. The lowest BCUT2D eigenvalue weighted by Gasteiger charge is -2.16. The summed E-state index contributed by atoms with van der Waals surface area (Å²) in [4.78, 5) is 24.2. The van der Waals surface area contributed by atoms with Crippen LogP contribution in [0.2, 0.25) is 5.02 Å². The predicted octanol–water partition coefficient (Wildman–Crippen LogP) is 1.59. The number of methoxy groups -OCH3 is 1. The summed E-state index contributed by atoms with van der Waals surface area (Å²) in [6, 6.07) is 2.99. The molecule has 22 heavy (non-hydrogen) atoms. The average molecular weight is 346 g/mol. The lowest BCUT2D eigenvalue weighted by Crippen LogP contribution is -2.26. The first-order valence-corrected chi connectivity index (χ1v) is 8.69. The molecule has 120 valence electrons. The monoisotopic (exact) mass is 345 g/mol. The molecule has 0 atom stereocenters. The minimum Gasteiger partial charge on any atom is -0.469 e. The number of anilines is 1. The number of nitrogens with zero attached hydrogens (tertiary/aromatic N) is 1. The number of hydrogen-bond donors (Lipinski definition) is 0. The SMILES string of the molecule is COC(=O)CCS(=O)(=O)c1cc2c(cc1Cl)CCN2C(C)=O. The van der Waals surface area contributed by atoms with Crippen LogP contribution in [-0.4, -0.2) is 39.7 Å². The topological polar surface area (TPSA) is 80.8 Å². The summed E-state index contributed by atoms with van der Waals surface area (Å²) in [5.74, 6) is -1.15. The highest BCUT2D eigenvalue weighted by molar-refractivity contribution is 7.91. The van der Waals surface area contributed by atoms with Crippen LogP contribution in [0.25, 0.3) is 0 Å². The number of amides is 1. The van der Waals surface area contributed by atoms with E-state index in [2.05, 4.69) is 4.74 Å². The van der Waals surface area contributed by atoms with Gasteiger partial charge in [-0.05, 0) is 24.1 Å². The molecule has 2 rings (SSSR count). The molecule has 0 radical (unpaired) electrons. The van der Waals surface area contributed by atoms with E-state index in [1.165, 1.54) is 25.0 Å². The van der Waals surface area contributed by atoms with Gasteiger partial charge in [-0.25, -0.2) is 8.42 Å². The summed E-state index contributed by atoms with van der Waals surface area (Å²) in [6.07, 6.45) is 0.389. The Bertz CT molecular complexity index is 729. The number of hydrogen-bond acceptors (Lipinski definition) is 5. The van der Waals surface area contributed by atoms with Crippen LogP contribution in [0.5, 0.6) is 0 Å². The van der Waals surface area contributed by atoms with E-state index in [1.54, 1.807) is 6.07 Å². The molecule has 0 spiro atoms. The molecule has 0 bridgehead atoms. The summed E-state index contributed by atoms with van der Waals surface area (Å²) < 4.78 is 29.2. The first kappa shape index (κ1) is 16.8. The van der Waals surface area contributed by atoms with E-state index < -0.39 is 21.6 Å². The number of rotatable bonds is 4. The predicted molar refractivity (Wildman–Crippen MR) is 81.9 cm³/mol. The van der Waals surface area contributed by atoms with Crippen molar-refractivity contribution >= 4 is 39.0 Å². The molecule has 1 aliphatic heterocycles. The smallest absolute Gasteiger partial charge is 0.306 e. The van der Waals surface area contributed by atoms with Gasteiger partial charge in [-0.1, -0.05) is 11.6 Å². The largest absolute Gasteiger partial charge is 0.469 e. The Morgan fingerprint density at radius 3 is 2.64 bits per heavy atom. The van der Waals surface area contributed by atoms with Gasteiger partial charge in [0.25, 0.3) is 0 Å². The van der Waals surface area contributed by atoms with Crippen molar-refractivity contribution in [1.29, 1.82) is 0 Å². The molecular weight excluding hydrogens is 330 g/mol. The second-order valence-electron chi connectivity index (χ2n) is 4.98. The van der Waals surface area contributed by atoms with Crippen molar-refractivity contribution < 1.29 is 22.7 Å². The van der Waals surface area contributed by atoms with Gasteiger partial charge in [0, 0.05) is 19.2 Å². The van der Waals surface area contributed by atoms with Crippen LogP contribution in [0, 0.1) is 0 Å². The van der Waals surface area contributed by atoms with Crippen molar-refractivity contribution in [3.63, 3.8) is 0 Å². The molecule has 8 heteroatoms. The van der Waals surface area contributed by atoms with Crippen LogP contribution in [0.15, 0.2) is 17.0 Å². The Morgan fingerprint density at radius 1 is 1.36 bits per heavy atom. The van der Waals surface area contributed by atoms with E-state index in [0.29, 0.717) is 18.7 Å². The van der Waals surface area contributed by atoms with Gasteiger partial charge in [0.15, 0.2) is 9.84 Å². The molecule has 1 aliphatic rings. The average Bonchev–Trinajstić information content (AvgIpc) is 2.86. The highest BCUT2D eigenvalue weighted by atomic mass is 35.5. The highest BCUT2D eigenvalue weighted by Gasteiger charge is 2.28. The number of carbonyl (C=O) groups excluding carboxylic acids is 2. The van der Waals surface area contributed by atoms with Crippen LogP contribution < -0.4 is 4.90 Å². The molecule has 0 saturated carbocycles. The van der Waals surface area contributed by atoms with Crippen molar-refractivity contribution in [2.45, 2.75) is 24.7 Å². The van der Waals surface area contributed by atoms with Gasteiger partial charge >= 0.3 is 5.97 Å². The second-order valence-corrected chi connectivity index (χ2v) is 7.46. The summed E-state index contributed by atoms with van der Waals surface area (Å²) >= 11 is 6.07. The fourth-order valence-electron chi connectivity index (χ4n) is 2.38. The van der Waals surface area contributed by atoms with Crippen LogP contribution in [0.4, 0.5) is 5.69 Å². The standard InChI is InChI=1S/C14H16ClNO5S/c1-9(17)16-5-3-10-7-11(15)13(8-12(10)16)22(19,20)6-4-14(18)21-2/h7-8H,3-6H2,1-2H3. The Hall–Kier alpha value is -1.60. The zero-order valence-electron chi connectivity index (χ0n) is 12.3. The molecule has 6 nitrogen and oxygen atoms in total. The third kappa shape index (κ3) is 3.25. The maximum absolute atomic E-state index is 12.4. The maximum Gasteiger partial charge on any atom is 0.306 e. The molecular formula is C14H16ClNO5S. The van der Waals surface area contributed by atoms with Crippen molar-refractivity contribution in [2.24, 2.45) is 0 Å². The lowest BCUT2D eigenvalue weighted by molar-refractivity contribution is -0.140. The van der Waals surface area contributed by atoms with E-state index >= 15 is 0 Å².